The van der Waals surface area contributed by atoms with Gasteiger partial charge >= 0.3 is 0 Å². The lowest BCUT2D eigenvalue weighted by atomic mass is 10.2. The molecule has 0 aromatic carbocycles. The van der Waals surface area contributed by atoms with Gasteiger partial charge in [0.25, 0.3) is 0 Å². The van der Waals surface area contributed by atoms with Gasteiger partial charge in [0.15, 0.2) is 0 Å². The highest BCUT2D eigenvalue weighted by molar-refractivity contribution is 5.08. The maximum atomic E-state index is 4.22. The zero-order valence-electron chi connectivity index (χ0n) is 7.85. The van der Waals surface area contributed by atoms with E-state index in [9.17, 15) is 0 Å². The summed E-state index contributed by atoms with van der Waals surface area (Å²) in [5.74, 6) is 0. The monoisotopic (exact) mass is 167 g/mol. The summed E-state index contributed by atoms with van der Waals surface area (Å²) < 4.78 is 0. The number of aromatic amines is 1. The molecule has 1 aromatic heterocycles. The highest BCUT2D eigenvalue weighted by Gasteiger charge is 1.98. The van der Waals surface area contributed by atoms with Gasteiger partial charge in [0, 0.05) is 18.7 Å². The van der Waals surface area contributed by atoms with Crippen LogP contribution in [0.15, 0.2) is 6.33 Å². The van der Waals surface area contributed by atoms with E-state index in [2.05, 4.69) is 29.1 Å². The number of imidazole rings is 1. The standard InChI is InChI=1S/C9H17N3/c1-3-5-10-6-4-9-8(2)11-7-12-9/h7,10H,3-6H2,1-2H3,(H,11,12). The average Bonchev–Trinajstić information content (AvgIpc) is 2.46. The van der Waals surface area contributed by atoms with Crippen LogP contribution in [0.3, 0.4) is 0 Å². The average molecular weight is 167 g/mol. The number of nitrogens with one attached hydrogen (secondary N) is 2. The SMILES string of the molecule is CCCNCCc1nc[nH]c1C. The fourth-order valence-electron chi connectivity index (χ4n) is 1.15. The van der Waals surface area contributed by atoms with Crippen LogP contribution in [0.2, 0.25) is 0 Å². The van der Waals surface area contributed by atoms with Crippen LogP contribution in [0.1, 0.15) is 24.7 Å². The molecule has 0 aliphatic carbocycles. The molecular weight excluding hydrogens is 150 g/mol. The van der Waals surface area contributed by atoms with E-state index in [1.54, 1.807) is 6.33 Å². The molecule has 3 nitrogen and oxygen atoms in total. The van der Waals surface area contributed by atoms with Crippen molar-refractivity contribution in [3.8, 4) is 0 Å². The largest absolute Gasteiger partial charge is 0.348 e. The molecule has 0 atom stereocenters. The van der Waals surface area contributed by atoms with E-state index in [0.29, 0.717) is 0 Å². The van der Waals surface area contributed by atoms with Gasteiger partial charge in [0.1, 0.15) is 0 Å². The number of hydrogen-bond acceptors (Lipinski definition) is 2. The van der Waals surface area contributed by atoms with Crippen LogP contribution >= 0.6 is 0 Å². The molecule has 0 aliphatic rings. The summed E-state index contributed by atoms with van der Waals surface area (Å²) in [4.78, 5) is 7.29. The van der Waals surface area contributed by atoms with E-state index in [0.717, 1.165) is 19.5 Å². The Hall–Kier alpha value is -0.830. The molecule has 0 saturated heterocycles. The van der Waals surface area contributed by atoms with Crippen molar-refractivity contribution >= 4 is 0 Å². The summed E-state index contributed by atoms with van der Waals surface area (Å²) in [6, 6.07) is 0. The minimum atomic E-state index is 1.02. The molecule has 0 spiro atoms. The van der Waals surface area contributed by atoms with Crippen molar-refractivity contribution in [3.05, 3.63) is 17.7 Å². The lowest BCUT2D eigenvalue weighted by Gasteiger charge is -2.00. The molecule has 0 amide bonds. The molecule has 1 rings (SSSR count). The van der Waals surface area contributed by atoms with Crippen molar-refractivity contribution in [2.24, 2.45) is 0 Å². The van der Waals surface area contributed by atoms with Gasteiger partial charge in [-0.15, -0.1) is 0 Å². The Morgan fingerprint density at radius 1 is 1.50 bits per heavy atom. The summed E-state index contributed by atoms with van der Waals surface area (Å²) in [7, 11) is 0. The second-order valence-electron chi connectivity index (χ2n) is 2.97. The Bertz CT molecular complexity index is 217. The molecular formula is C9H17N3. The molecule has 0 saturated carbocycles. The van der Waals surface area contributed by atoms with E-state index in [-0.39, 0.29) is 0 Å². The maximum Gasteiger partial charge on any atom is 0.0925 e. The van der Waals surface area contributed by atoms with Gasteiger partial charge in [-0.05, 0) is 19.9 Å². The normalized spacial score (nSPS) is 10.5. The molecule has 12 heavy (non-hydrogen) atoms. The zero-order valence-corrected chi connectivity index (χ0v) is 7.85. The Morgan fingerprint density at radius 2 is 2.33 bits per heavy atom. The molecule has 3 heteroatoms. The number of aromatic nitrogens is 2. The predicted molar refractivity (Wildman–Crippen MR) is 50.2 cm³/mol. The predicted octanol–water partition coefficient (Wildman–Crippen LogP) is 1.26. The number of hydrogen-bond donors (Lipinski definition) is 2. The first-order chi connectivity index (χ1) is 5.84. The van der Waals surface area contributed by atoms with Crippen molar-refractivity contribution in [1.82, 2.24) is 15.3 Å². The van der Waals surface area contributed by atoms with Gasteiger partial charge in [-0.1, -0.05) is 6.92 Å². The molecule has 68 valence electrons. The third kappa shape index (κ3) is 2.66. The Labute approximate surface area is 73.6 Å². The van der Waals surface area contributed by atoms with Crippen molar-refractivity contribution in [2.75, 3.05) is 13.1 Å². The topological polar surface area (TPSA) is 40.7 Å². The van der Waals surface area contributed by atoms with Gasteiger partial charge in [-0.3, -0.25) is 0 Å². The second kappa shape index (κ2) is 4.93. The van der Waals surface area contributed by atoms with Crippen molar-refractivity contribution in [2.45, 2.75) is 26.7 Å². The van der Waals surface area contributed by atoms with Crippen LogP contribution in [0.5, 0.6) is 0 Å². The Balaban J connectivity index is 2.20. The lowest BCUT2D eigenvalue weighted by Crippen LogP contribution is -2.18. The van der Waals surface area contributed by atoms with E-state index < -0.39 is 0 Å². The molecule has 0 bridgehead atoms. The van der Waals surface area contributed by atoms with Crippen LogP contribution in [-0.4, -0.2) is 23.1 Å². The fourth-order valence-corrected chi connectivity index (χ4v) is 1.15. The number of nitrogens with zero attached hydrogens (tertiary/aromatic N) is 1. The Kier molecular flexibility index (Phi) is 3.80. The third-order valence-corrected chi connectivity index (χ3v) is 1.90. The van der Waals surface area contributed by atoms with E-state index >= 15 is 0 Å². The van der Waals surface area contributed by atoms with Crippen LogP contribution in [0.25, 0.3) is 0 Å². The number of rotatable bonds is 5. The highest BCUT2D eigenvalue weighted by atomic mass is 14.9. The first-order valence-electron chi connectivity index (χ1n) is 4.54. The van der Waals surface area contributed by atoms with Crippen molar-refractivity contribution in [3.63, 3.8) is 0 Å². The maximum absolute atomic E-state index is 4.22. The molecule has 0 aliphatic heterocycles. The minimum Gasteiger partial charge on any atom is -0.348 e. The second-order valence-corrected chi connectivity index (χ2v) is 2.97. The summed E-state index contributed by atoms with van der Waals surface area (Å²) in [5, 5.41) is 3.35. The molecule has 0 unspecified atom stereocenters. The van der Waals surface area contributed by atoms with E-state index in [1.807, 2.05) is 0 Å². The highest BCUT2D eigenvalue weighted by Crippen LogP contribution is 1.99. The van der Waals surface area contributed by atoms with Crippen LogP contribution in [-0.2, 0) is 6.42 Å². The first-order valence-corrected chi connectivity index (χ1v) is 4.54. The summed E-state index contributed by atoms with van der Waals surface area (Å²) in [5.41, 5.74) is 2.37. The van der Waals surface area contributed by atoms with Crippen molar-refractivity contribution in [1.29, 1.82) is 0 Å². The quantitative estimate of drug-likeness (QED) is 0.648. The van der Waals surface area contributed by atoms with Gasteiger partial charge in [0.05, 0.1) is 12.0 Å². The fraction of sp³-hybridized carbons (Fsp3) is 0.667. The van der Waals surface area contributed by atoms with Gasteiger partial charge in [-0.2, -0.15) is 0 Å². The lowest BCUT2D eigenvalue weighted by molar-refractivity contribution is 0.665. The first kappa shape index (κ1) is 9.26. The third-order valence-electron chi connectivity index (χ3n) is 1.90. The van der Waals surface area contributed by atoms with E-state index in [4.69, 9.17) is 0 Å². The van der Waals surface area contributed by atoms with Crippen LogP contribution in [0.4, 0.5) is 0 Å². The number of aryl methyl sites for hydroxylation is 1. The van der Waals surface area contributed by atoms with Crippen LogP contribution in [0, 0.1) is 6.92 Å². The van der Waals surface area contributed by atoms with Gasteiger partial charge in [0.2, 0.25) is 0 Å². The molecule has 0 radical (unpaired) electrons. The summed E-state index contributed by atoms with van der Waals surface area (Å²) >= 11 is 0. The molecule has 2 N–H and O–H groups in total. The van der Waals surface area contributed by atoms with Crippen LogP contribution < -0.4 is 5.32 Å². The smallest absolute Gasteiger partial charge is 0.0925 e. The zero-order chi connectivity index (χ0) is 8.81. The molecule has 1 heterocycles. The molecule has 0 fully saturated rings. The summed E-state index contributed by atoms with van der Waals surface area (Å²) in [6.07, 6.45) is 3.97. The van der Waals surface area contributed by atoms with Gasteiger partial charge in [-0.25, -0.2) is 4.98 Å². The van der Waals surface area contributed by atoms with Gasteiger partial charge < -0.3 is 10.3 Å². The number of H-pyrrole nitrogens is 1. The molecule has 1 aromatic rings. The minimum absolute atomic E-state index is 1.02. The summed E-state index contributed by atoms with van der Waals surface area (Å²) in [6.45, 7) is 6.36. The Morgan fingerprint density at radius 3 is 2.92 bits per heavy atom. The van der Waals surface area contributed by atoms with E-state index in [1.165, 1.54) is 17.8 Å². The van der Waals surface area contributed by atoms with Crippen molar-refractivity contribution < 1.29 is 0 Å².